The summed E-state index contributed by atoms with van der Waals surface area (Å²) >= 11 is 0. The van der Waals surface area contributed by atoms with Gasteiger partial charge in [0.15, 0.2) is 0 Å². The maximum atomic E-state index is 11.7. The van der Waals surface area contributed by atoms with E-state index in [1.807, 2.05) is 24.3 Å². The highest BCUT2D eigenvalue weighted by atomic mass is 16.5. The quantitative estimate of drug-likeness (QED) is 0.418. The molecular weight excluding hydrogens is 530 g/mol. The van der Waals surface area contributed by atoms with Gasteiger partial charge >= 0.3 is 5.97 Å². The predicted molar refractivity (Wildman–Crippen MR) is 162 cm³/mol. The van der Waals surface area contributed by atoms with E-state index >= 15 is 0 Å². The predicted octanol–water partition coefficient (Wildman–Crippen LogP) is 4.67. The van der Waals surface area contributed by atoms with Crippen LogP contribution in [0.5, 0.6) is 5.75 Å². The number of carboxylic acids is 1. The van der Waals surface area contributed by atoms with Crippen LogP contribution in [0.2, 0.25) is 0 Å². The minimum Gasteiger partial charge on any atom is -0.488 e. The number of anilines is 1. The molecule has 2 atom stereocenters. The Labute approximate surface area is 248 Å². The zero-order chi connectivity index (χ0) is 29.2. The zero-order valence-electron chi connectivity index (χ0n) is 24.8. The van der Waals surface area contributed by atoms with Crippen molar-refractivity contribution in [3.8, 4) is 17.0 Å². The van der Waals surface area contributed by atoms with Crippen molar-refractivity contribution in [1.29, 1.82) is 0 Å². The third-order valence-electron chi connectivity index (χ3n) is 9.36. The molecule has 3 aromatic rings. The molecule has 3 aliphatic heterocycles. The molecule has 3 aliphatic rings. The molecule has 4 heterocycles. The van der Waals surface area contributed by atoms with Crippen LogP contribution in [0.3, 0.4) is 0 Å². The largest absolute Gasteiger partial charge is 0.488 e. The highest BCUT2D eigenvalue weighted by molar-refractivity contribution is 5.72. The number of piperidine rings is 1. The van der Waals surface area contributed by atoms with E-state index in [4.69, 9.17) is 19.2 Å². The Morgan fingerprint density at radius 2 is 1.86 bits per heavy atom. The Balaban J connectivity index is 1.20. The summed E-state index contributed by atoms with van der Waals surface area (Å²) in [6, 6.07) is 17.3. The van der Waals surface area contributed by atoms with E-state index in [0.29, 0.717) is 32.2 Å². The Morgan fingerprint density at radius 1 is 1.05 bits per heavy atom. The van der Waals surface area contributed by atoms with Crippen LogP contribution in [-0.4, -0.2) is 79.6 Å². The van der Waals surface area contributed by atoms with E-state index in [1.54, 1.807) is 7.11 Å². The van der Waals surface area contributed by atoms with E-state index in [0.717, 1.165) is 67.5 Å². The SMILES string of the molecule is CO[C@@H]1CN(c2cccc(-c3cccc(C)c3OCc3ccc4c(c3C)CCN(C3COC3)CC4)n2)CC[C@H]1C(=O)O. The van der Waals surface area contributed by atoms with Gasteiger partial charge in [0, 0.05) is 38.9 Å². The molecule has 1 aromatic heterocycles. The second-order valence-electron chi connectivity index (χ2n) is 11.8. The number of benzene rings is 2. The van der Waals surface area contributed by atoms with Gasteiger partial charge < -0.3 is 24.2 Å². The molecule has 0 saturated carbocycles. The van der Waals surface area contributed by atoms with Crippen LogP contribution in [-0.2, 0) is 33.7 Å². The van der Waals surface area contributed by atoms with Gasteiger partial charge in [0.1, 0.15) is 18.2 Å². The summed E-state index contributed by atoms with van der Waals surface area (Å²) in [6.07, 6.45) is 2.28. The standard InChI is InChI=1S/C34H41N3O5/c1-22-6-4-7-28(30-8-5-9-32(35-30)37-17-14-29(34(38)39)31(18-37)40-3)33(22)42-19-25-11-10-24-12-15-36(26-20-41-21-26)16-13-27(24)23(25)2/h4-11,26,29,31H,12-21H2,1-3H3,(H,38,39)/t29-,31-/m1/s1. The van der Waals surface area contributed by atoms with Crippen LogP contribution in [0.4, 0.5) is 5.82 Å². The number of fused-ring (bicyclic) bond motifs is 1. The number of carboxylic acid groups (broad SMARTS) is 1. The van der Waals surface area contributed by atoms with E-state index in [-0.39, 0.29) is 6.10 Å². The summed E-state index contributed by atoms with van der Waals surface area (Å²) in [4.78, 5) is 21.4. The first kappa shape index (κ1) is 28.6. The number of para-hydroxylation sites is 1. The van der Waals surface area contributed by atoms with E-state index in [1.165, 1.54) is 22.3 Å². The van der Waals surface area contributed by atoms with Crippen molar-refractivity contribution in [2.45, 2.75) is 51.9 Å². The van der Waals surface area contributed by atoms with Gasteiger partial charge in [-0.1, -0.05) is 30.3 Å². The zero-order valence-corrected chi connectivity index (χ0v) is 24.8. The van der Waals surface area contributed by atoms with Crippen LogP contribution in [0.15, 0.2) is 48.5 Å². The lowest BCUT2D eigenvalue weighted by atomic mass is 9.94. The number of pyridine rings is 1. The molecule has 0 amide bonds. The number of hydrogen-bond donors (Lipinski definition) is 1. The highest BCUT2D eigenvalue weighted by Gasteiger charge is 2.35. The number of methoxy groups -OCH3 is 1. The molecule has 2 aromatic carbocycles. The van der Waals surface area contributed by atoms with Gasteiger partial charge in [0.2, 0.25) is 0 Å². The van der Waals surface area contributed by atoms with E-state index in [9.17, 15) is 9.90 Å². The molecule has 0 aliphatic carbocycles. The molecule has 8 nitrogen and oxygen atoms in total. The monoisotopic (exact) mass is 571 g/mol. The first-order valence-corrected chi connectivity index (χ1v) is 15.1. The van der Waals surface area contributed by atoms with Crippen molar-refractivity contribution >= 4 is 11.8 Å². The molecule has 0 spiro atoms. The minimum atomic E-state index is -0.805. The number of nitrogens with zero attached hydrogens (tertiary/aromatic N) is 3. The number of aliphatic carboxylic acids is 1. The number of rotatable bonds is 8. The Hall–Kier alpha value is -3.46. The third-order valence-corrected chi connectivity index (χ3v) is 9.36. The first-order chi connectivity index (χ1) is 20.4. The molecule has 0 radical (unpaired) electrons. The summed E-state index contributed by atoms with van der Waals surface area (Å²) in [5.41, 5.74) is 8.33. The van der Waals surface area contributed by atoms with Crippen molar-refractivity contribution in [1.82, 2.24) is 9.88 Å². The van der Waals surface area contributed by atoms with Crippen molar-refractivity contribution < 1.29 is 24.1 Å². The average Bonchev–Trinajstić information content (AvgIpc) is 3.19. The highest BCUT2D eigenvalue weighted by Crippen LogP contribution is 2.35. The van der Waals surface area contributed by atoms with Crippen LogP contribution in [0, 0.1) is 19.8 Å². The maximum absolute atomic E-state index is 11.7. The van der Waals surface area contributed by atoms with Gasteiger partial charge in [0.25, 0.3) is 0 Å². The molecule has 0 bridgehead atoms. The van der Waals surface area contributed by atoms with Crippen molar-refractivity contribution in [3.05, 3.63) is 76.3 Å². The fraction of sp³-hybridized carbons (Fsp3) is 0.471. The Bertz CT molecular complexity index is 1440. The summed E-state index contributed by atoms with van der Waals surface area (Å²) < 4.78 is 17.6. The maximum Gasteiger partial charge on any atom is 0.309 e. The number of ether oxygens (including phenoxy) is 3. The Kier molecular flexibility index (Phi) is 8.47. The van der Waals surface area contributed by atoms with Crippen molar-refractivity contribution in [2.75, 3.05) is 51.4 Å². The van der Waals surface area contributed by atoms with Crippen LogP contribution < -0.4 is 9.64 Å². The molecule has 42 heavy (non-hydrogen) atoms. The lowest BCUT2D eigenvalue weighted by Gasteiger charge is -2.36. The lowest BCUT2D eigenvalue weighted by Crippen LogP contribution is -2.49. The topological polar surface area (TPSA) is 84.4 Å². The first-order valence-electron chi connectivity index (χ1n) is 15.1. The third kappa shape index (κ3) is 5.76. The molecule has 8 heteroatoms. The molecule has 1 N–H and O–H groups in total. The molecule has 2 saturated heterocycles. The second kappa shape index (κ2) is 12.4. The van der Waals surface area contributed by atoms with Gasteiger partial charge in [-0.05, 0) is 79.1 Å². The smallest absolute Gasteiger partial charge is 0.309 e. The summed E-state index contributed by atoms with van der Waals surface area (Å²) in [5.74, 6) is 0.348. The molecule has 2 fully saturated rings. The summed E-state index contributed by atoms with van der Waals surface area (Å²) in [6.45, 7) is 9.82. The average molecular weight is 572 g/mol. The molecule has 6 rings (SSSR count). The van der Waals surface area contributed by atoms with Crippen LogP contribution in [0.25, 0.3) is 11.3 Å². The van der Waals surface area contributed by atoms with Gasteiger partial charge in [-0.25, -0.2) is 4.98 Å². The fourth-order valence-corrected chi connectivity index (χ4v) is 6.62. The fourth-order valence-electron chi connectivity index (χ4n) is 6.62. The number of hydrogen-bond acceptors (Lipinski definition) is 7. The van der Waals surface area contributed by atoms with Crippen LogP contribution in [0.1, 0.15) is 34.2 Å². The molecular formula is C34H41N3O5. The van der Waals surface area contributed by atoms with Gasteiger partial charge in [-0.3, -0.25) is 9.69 Å². The Morgan fingerprint density at radius 3 is 2.62 bits per heavy atom. The summed E-state index contributed by atoms with van der Waals surface area (Å²) in [7, 11) is 1.58. The summed E-state index contributed by atoms with van der Waals surface area (Å²) in [5, 5.41) is 9.57. The number of aromatic nitrogens is 1. The van der Waals surface area contributed by atoms with Crippen LogP contribution >= 0.6 is 0 Å². The van der Waals surface area contributed by atoms with Gasteiger partial charge in [0.05, 0.1) is 37.0 Å². The van der Waals surface area contributed by atoms with E-state index < -0.39 is 11.9 Å². The van der Waals surface area contributed by atoms with E-state index in [2.05, 4.69) is 47.9 Å². The molecule has 222 valence electrons. The lowest BCUT2D eigenvalue weighted by molar-refractivity contribution is -0.147. The molecule has 0 unspecified atom stereocenters. The second-order valence-corrected chi connectivity index (χ2v) is 11.8. The minimum absolute atomic E-state index is 0.376. The number of aryl methyl sites for hydroxylation is 1. The number of carbonyl (C=O) groups is 1. The normalized spacial score (nSPS) is 21.4. The van der Waals surface area contributed by atoms with Gasteiger partial charge in [-0.2, -0.15) is 0 Å². The van der Waals surface area contributed by atoms with Crippen molar-refractivity contribution in [3.63, 3.8) is 0 Å². The van der Waals surface area contributed by atoms with Crippen molar-refractivity contribution in [2.24, 2.45) is 5.92 Å². The van der Waals surface area contributed by atoms with Gasteiger partial charge in [-0.15, -0.1) is 0 Å².